The topological polar surface area (TPSA) is 102 Å². The van der Waals surface area contributed by atoms with Crippen LogP contribution >= 0.6 is 0 Å². The van der Waals surface area contributed by atoms with Crippen LogP contribution < -0.4 is 10.1 Å². The molecule has 0 aliphatic carbocycles. The van der Waals surface area contributed by atoms with E-state index in [9.17, 15) is 19.7 Å². The number of nitrogens with zero attached hydrogens (tertiary/aromatic N) is 2. The van der Waals surface area contributed by atoms with Gasteiger partial charge in [0.05, 0.1) is 17.7 Å². The normalized spacial score (nSPS) is 10.1. The number of amides is 2. The first-order valence-electron chi connectivity index (χ1n) is 7.92. The van der Waals surface area contributed by atoms with E-state index in [1.807, 2.05) is 0 Å². The van der Waals surface area contributed by atoms with Gasteiger partial charge in [-0.15, -0.1) is 0 Å². The first-order valence-corrected chi connectivity index (χ1v) is 7.92. The second kappa shape index (κ2) is 8.61. The fraction of sp³-hybridized carbons (Fsp3) is 0.222. The van der Waals surface area contributed by atoms with Gasteiger partial charge in [0.15, 0.2) is 0 Å². The third-order valence-corrected chi connectivity index (χ3v) is 3.71. The Labute approximate surface area is 150 Å². The molecule has 0 bridgehead atoms. The van der Waals surface area contributed by atoms with Crippen molar-refractivity contribution in [3.63, 3.8) is 0 Å². The van der Waals surface area contributed by atoms with Crippen molar-refractivity contribution in [2.75, 3.05) is 25.5 Å². The predicted octanol–water partition coefficient (Wildman–Crippen LogP) is 2.70. The van der Waals surface area contributed by atoms with Crippen LogP contribution in [-0.4, -0.2) is 41.8 Å². The lowest BCUT2D eigenvalue weighted by atomic mass is 10.2. The minimum atomic E-state index is -0.535. The third-order valence-electron chi connectivity index (χ3n) is 3.71. The number of benzene rings is 2. The van der Waals surface area contributed by atoms with Crippen LogP contribution in [0.4, 0.5) is 11.4 Å². The number of methoxy groups -OCH3 is 1. The van der Waals surface area contributed by atoms with Crippen LogP contribution in [0, 0.1) is 10.1 Å². The molecule has 0 fully saturated rings. The molecule has 0 spiro atoms. The summed E-state index contributed by atoms with van der Waals surface area (Å²) in [5.41, 5.74) is 0.694. The first-order chi connectivity index (χ1) is 12.5. The molecule has 0 atom stereocenters. The van der Waals surface area contributed by atoms with Gasteiger partial charge in [0.25, 0.3) is 11.6 Å². The molecular formula is C18H19N3O5. The largest absolute Gasteiger partial charge is 0.495 e. The van der Waals surface area contributed by atoms with Gasteiger partial charge >= 0.3 is 0 Å². The van der Waals surface area contributed by atoms with Crippen molar-refractivity contribution in [2.45, 2.75) is 6.92 Å². The third kappa shape index (κ3) is 4.56. The summed E-state index contributed by atoms with van der Waals surface area (Å²) < 4.78 is 5.17. The maximum absolute atomic E-state index is 12.5. The Morgan fingerprint density at radius 3 is 2.38 bits per heavy atom. The number of carbonyl (C=O) groups is 2. The second-order valence-electron chi connectivity index (χ2n) is 5.37. The molecule has 0 saturated heterocycles. The zero-order valence-electron chi connectivity index (χ0n) is 14.5. The van der Waals surface area contributed by atoms with E-state index in [0.717, 1.165) is 0 Å². The lowest BCUT2D eigenvalue weighted by Crippen LogP contribution is -2.37. The number of nitro benzene ring substituents is 1. The number of hydrogen-bond acceptors (Lipinski definition) is 5. The molecule has 2 rings (SSSR count). The molecule has 2 aromatic rings. The van der Waals surface area contributed by atoms with E-state index in [2.05, 4.69) is 5.32 Å². The molecular weight excluding hydrogens is 338 g/mol. The van der Waals surface area contributed by atoms with Crippen molar-refractivity contribution in [1.29, 1.82) is 0 Å². The van der Waals surface area contributed by atoms with Crippen LogP contribution in [0.25, 0.3) is 0 Å². The highest BCUT2D eigenvalue weighted by Crippen LogP contribution is 2.23. The van der Waals surface area contributed by atoms with Crippen LogP contribution in [-0.2, 0) is 4.79 Å². The minimum absolute atomic E-state index is 0.0986. The van der Waals surface area contributed by atoms with E-state index in [0.29, 0.717) is 18.0 Å². The smallest absolute Gasteiger partial charge is 0.269 e. The van der Waals surface area contributed by atoms with E-state index in [-0.39, 0.29) is 29.6 Å². The fourth-order valence-electron chi connectivity index (χ4n) is 2.35. The summed E-state index contributed by atoms with van der Waals surface area (Å²) in [7, 11) is 1.50. The fourth-order valence-corrected chi connectivity index (χ4v) is 2.35. The number of para-hydroxylation sites is 2. The highest BCUT2D eigenvalue weighted by atomic mass is 16.6. The molecule has 26 heavy (non-hydrogen) atoms. The molecule has 2 aromatic carbocycles. The molecule has 0 heterocycles. The van der Waals surface area contributed by atoms with Crippen LogP contribution in [0.3, 0.4) is 0 Å². The standard InChI is InChI=1S/C18H19N3O5/c1-3-20(18(23)13-8-10-14(11-9-13)21(24)25)12-17(22)19-15-6-4-5-7-16(15)26-2/h4-11H,3,12H2,1-2H3,(H,19,22). The molecule has 8 heteroatoms. The Balaban J connectivity index is 2.06. The van der Waals surface area contributed by atoms with Gasteiger partial charge in [0, 0.05) is 24.2 Å². The number of rotatable bonds is 7. The number of nitro groups is 1. The summed E-state index contributed by atoms with van der Waals surface area (Å²) in [5, 5.41) is 13.4. The Bertz CT molecular complexity index is 805. The summed E-state index contributed by atoms with van der Waals surface area (Å²) in [6.07, 6.45) is 0. The maximum atomic E-state index is 12.5. The number of ether oxygens (including phenoxy) is 1. The second-order valence-corrected chi connectivity index (χ2v) is 5.37. The number of carbonyl (C=O) groups excluding carboxylic acids is 2. The van der Waals surface area contributed by atoms with Gasteiger partial charge in [0.1, 0.15) is 12.3 Å². The van der Waals surface area contributed by atoms with Crippen LogP contribution in [0.5, 0.6) is 5.75 Å². The van der Waals surface area contributed by atoms with E-state index < -0.39 is 4.92 Å². The lowest BCUT2D eigenvalue weighted by Gasteiger charge is -2.20. The molecule has 0 radical (unpaired) electrons. The summed E-state index contributed by atoms with van der Waals surface area (Å²) >= 11 is 0. The zero-order valence-corrected chi connectivity index (χ0v) is 14.5. The van der Waals surface area contributed by atoms with Crippen molar-refractivity contribution < 1.29 is 19.2 Å². The van der Waals surface area contributed by atoms with Crippen molar-refractivity contribution in [3.05, 3.63) is 64.2 Å². The summed E-state index contributed by atoms with van der Waals surface area (Å²) in [5.74, 6) is -0.227. The lowest BCUT2D eigenvalue weighted by molar-refractivity contribution is -0.384. The summed E-state index contributed by atoms with van der Waals surface area (Å²) in [6, 6.07) is 12.2. The van der Waals surface area contributed by atoms with Gasteiger partial charge in [-0.2, -0.15) is 0 Å². The van der Waals surface area contributed by atoms with Crippen LogP contribution in [0.15, 0.2) is 48.5 Å². The minimum Gasteiger partial charge on any atom is -0.495 e. The van der Waals surface area contributed by atoms with Gasteiger partial charge in [-0.1, -0.05) is 12.1 Å². The maximum Gasteiger partial charge on any atom is 0.269 e. The van der Waals surface area contributed by atoms with Gasteiger partial charge in [-0.25, -0.2) is 0 Å². The Kier molecular flexibility index (Phi) is 6.26. The van der Waals surface area contributed by atoms with Crippen LogP contribution in [0.1, 0.15) is 17.3 Å². The molecule has 0 aromatic heterocycles. The molecule has 136 valence electrons. The number of hydrogen-bond donors (Lipinski definition) is 1. The van der Waals surface area contributed by atoms with Gasteiger partial charge in [-0.05, 0) is 31.2 Å². The molecule has 8 nitrogen and oxygen atoms in total. The molecule has 1 N–H and O–H groups in total. The van der Waals surface area contributed by atoms with E-state index >= 15 is 0 Å². The van der Waals surface area contributed by atoms with Crippen molar-refractivity contribution >= 4 is 23.2 Å². The molecule has 0 aliphatic heterocycles. The highest BCUT2D eigenvalue weighted by Gasteiger charge is 2.19. The van der Waals surface area contributed by atoms with E-state index in [1.54, 1.807) is 31.2 Å². The van der Waals surface area contributed by atoms with Crippen molar-refractivity contribution in [3.8, 4) is 5.75 Å². The van der Waals surface area contributed by atoms with E-state index in [1.165, 1.54) is 36.3 Å². The zero-order chi connectivity index (χ0) is 19.1. The average Bonchev–Trinajstić information content (AvgIpc) is 2.66. The number of nitrogens with one attached hydrogen (secondary N) is 1. The first kappa shape index (κ1) is 18.9. The molecule has 0 aliphatic rings. The summed E-state index contributed by atoms with van der Waals surface area (Å²) in [6.45, 7) is 1.92. The van der Waals surface area contributed by atoms with E-state index in [4.69, 9.17) is 4.74 Å². The Morgan fingerprint density at radius 1 is 1.15 bits per heavy atom. The predicted molar refractivity (Wildman–Crippen MR) is 96.3 cm³/mol. The Morgan fingerprint density at radius 2 is 1.81 bits per heavy atom. The highest BCUT2D eigenvalue weighted by molar-refractivity contribution is 5.99. The van der Waals surface area contributed by atoms with Gasteiger partial charge < -0.3 is 15.0 Å². The SMILES string of the molecule is CCN(CC(=O)Nc1ccccc1OC)C(=O)c1ccc([N+](=O)[O-])cc1. The Hall–Kier alpha value is -3.42. The molecule has 2 amide bonds. The number of anilines is 1. The summed E-state index contributed by atoms with van der Waals surface area (Å²) in [4.78, 5) is 36.3. The monoisotopic (exact) mass is 357 g/mol. The average molecular weight is 357 g/mol. The van der Waals surface area contributed by atoms with Crippen LogP contribution in [0.2, 0.25) is 0 Å². The van der Waals surface area contributed by atoms with Gasteiger partial charge in [-0.3, -0.25) is 19.7 Å². The molecule has 0 saturated carbocycles. The molecule has 0 unspecified atom stereocenters. The number of likely N-dealkylation sites (N-methyl/N-ethyl adjacent to an activating group) is 1. The van der Waals surface area contributed by atoms with Gasteiger partial charge in [0.2, 0.25) is 5.91 Å². The number of non-ortho nitro benzene ring substituents is 1. The van der Waals surface area contributed by atoms with Crippen molar-refractivity contribution in [2.24, 2.45) is 0 Å². The van der Waals surface area contributed by atoms with Crippen molar-refractivity contribution in [1.82, 2.24) is 4.90 Å². The quantitative estimate of drug-likeness (QED) is 0.606.